The number of imidazole rings is 1. The van der Waals surface area contributed by atoms with Gasteiger partial charge < -0.3 is 21.1 Å². The summed E-state index contributed by atoms with van der Waals surface area (Å²) in [6.07, 6.45) is 0. The molecule has 0 aliphatic heterocycles. The number of aromatic nitrogens is 4. The van der Waals surface area contributed by atoms with Gasteiger partial charge in [-0.2, -0.15) is 9.97 Å². The Morgan fingerprint density at radius 3 is 2.83 bits per heavy atom. The van der Waals surface area contributed by atoms with E-state index in [0.717, 1.165) is 0 Å². The number of carbonyl (C=O) groups excluding carboxylic acids is 1. The summed E-state index contributed by atoms with van der Waals surface area (Å²) in [4.78, 5) is 33.2. The van der Waals surface area contributed by atoms with Crippen molar-refractivity contribution in [2.75, 3.05) is 23.7 Å². The lowest BCUT2D eigenvalue weighted by Crippen LogP contribution is -2.22. The second kappa shape index (κ2) is 9.11. The van der Waals surface area contributed by atoms with Crippen molar-refractivity contribution in [2.24, 2.45) is 12.8 Å². The van der Waals surface area contributed by atoms with Crippen molar-refractivity contribution in [2.45, 2.75) is 20.4 Å². The number of nitrogens with one attached hydrogen (secondary N) is 2. The second-order valence-electron chi connectivity index (χ2n) is 6.41. The molecule has 0 saturated carbocycles. The highest BCUT2D eigenvalue weighted by atomic mass is 16.5. The molecule has 2 aromatic heterocycles. The van der Waals surface area contributed by atoms with Gasteiger partial charge in [0.25, 0.3) is 5.56 Å². The molecule has 10 heteroatoms. The lowest BCUT2D eigenvalue weighted by atomic mass is 10.3. The Morgan fingerprint density at radius 2 is 2.13 bits per heavy atom. The summed E-state index contributed by atoms with van der Waals surface area (Å²) in [7, 11) is 1.57. The van der Waals surface area contributed by atoms with Crippen LogP contribution in [-0.4, -0.2) is 38.1 Å². The average Bonchev–Trinajstić information content (AvgIpc) is 3.05. The maximum Gasteiger partial charge on any atom is 0.306 e. The van der Waals surface area contributed by atoms with Crippen LogP contribution in [0.15, 0.2) is 29.1 Å². The number of nitrogens with two attached hydrogens (primary N) is 1. The molecule has 0 aliphatic carbocycles. The molecule has 4 N–H and O–H groups in total. The van der Waals surface area contributed by atoms with Crippen molar-refractivity contribution in [1.29, 1.82) is 0 Å². The van der Waals surface area contributed by atoms with E-state index in [9.17, 15) is 9.59 Å². The minimum Gasteiger partial charge on any atom is -0.425 e. The fourth-order valence-electron chi connectivity index (χ4n) is 2.81. The predicted molar refractivity (Wildman–Crippen MR) is 115 cm³/mol. The molecule has 0 saturated heterocycles. The average molecular weight is 409 g/mol. The third-order valence-corrected chi connectivity index (χ3v) is 4.15. The number of rotatable bonds is 7. The van der Waals surface area contributed by atoms with Gasteiger partial charge in [0.1, 0.15) is 5.75 Å². The fraction of sp³-hybridized carbons (Fsp3) is 0.300. The number of carbonyl (C=O) groups is 1. The standard InChI is InChI=1S/C20H23N7O3/c1-4-5-11-27-16-17(24-19(27)22-10-9-21)25-20(26(3)18(16)29)30-15-8-6-7-14(12-15)23-13(2)28/h6-8,12H,9-11,21H2,1-3H3,(H,22,24)(H,23,28). The third kappa shape index (κ3) is 4.42. The van der Waals surface area contributed by atoms with Gasteiger partial charge in [-0.05, 0) is 19.1 Å². The molecule has 10 nitrogen and oxygen atoms in total. The molecule has 0 bridgehead atoms. The predicted octanol–water partition coefficient (Wildman–Crippen LogP) is 1.27. The van der Waals surface area contributed by atoms with Crippen LogP contribution in [0.5, 0.6) is 11.8 Å². The van der Waals surface area contributed by atoms with Gasteiger partial charge in [-0.15, -0.1) is 5.92 Å². The number of nitrogens with zero attached hydrogens (tertiary/aromatic N) is 4. The molecule has 156 valence electrons. The number of hydrogen-bond donors (Lipinski definition) is 3. The highest BCUT2D eigenvalue weighted by Crippen LogP contribution is 2.24. The largest absolute Gasteiger partial charge is 0.425 e. The molecule has 0 atom stereocenters. The Morgan fingerprint density at radius 1 is 1.33 bits per heavy atom. The molecular formula is C20H23N7O3. The molecule has 0 unspecified atom stereocenters. The van der Waals surface area contributed by atoms with Gasteiger partial charge in [-0.3, -0.25) is 18.7 Å². The van der Waals surface area contributed by atoms with Crippen molar-refractivity contribution in [3.05, 3.63) is 34.6 Å². The maximum absolute atomic E-state index is 13.0. The van der Waals surface area contributed by atoms with Crippen LogP contribution < -0.4 is 26.7 Å². The van der Waals surface area contributed by atoms with Crippen LogP contribution in [-0.2, 0) is 18.4 Å². The van der Waals surface area contributed by atoms with Gasteiger partial charge in [0.05, 0.1) is 6.54 Å². The van der Waals surface area contributed by atoms with E-state index in [0.29, 0.717) is 36.0 Å². The monoisotopic (exact) mass is 409 g/mol. The molecule has 2 heterocycles. The second-order valence-corrected chi connectivity index (χ2v) is 6.41. The smallest absolute Gasteiger partial charge is 0.306 e. The van der Waals surface area contributed by atoms with Crippen LogP contribution in [0.3, 0.4) is 0 Å². The van der Waals surface area contributed by atoms with Crippen LogP contribution in [0.4, 0.5) is 11.6 Å². The third-order valence-electron chi connectivity index (χ3n) is 4.15. The molecule has 30 heavy (non-hydrogen) atoms. The summed E-state index contributed by atoms with van der Waals surface area (Å²) in [5.41, 5.74) is 6.38. The van der Waals surface area contributed by atoms with Crippen molar-refractivity contribution in [3.63, 3.8) is 0 Å². The maximum atomic E-state index is 13.0. The summed E-state index contributed by atoms with van der Waals surface area (Å²) >= 11 is 0. The molecule has 3 aromatic rings. The summed E-state index contributed by atoms with van der Waals surface area (Å²) in [6, 6.07) is 6.87. The highest BCUT2D eigenvalue weighted by Gasteiger charge is 2.19. The normalized spacial score (nSPS) is 10.4. The zero-order chi connectivity index (χ0) is 21.7. The van der Waals surface area contributed by atoms with Gasteiger partial charge in [-0.1, -0.05) is 12.0 Å². The summed E-state index contributed by atoms with van der Waals surface area (Å²) in [6.45, 7) is 4.33. The molecule has 1 amide bonds. The number of anilines is 2. The Hall–Kier alpha value is -3.84. The number of benzene rings is 1. The number of hydrogen-bond acceptors (Lipinski definition) is 7. The van der Waals surface area contributed by atoms with Crippen LogP contribution in [0, 0.1) is 11.8 Å². The molecule has 0 radical (unpaired) electrons. The van der Waals surface area contributed by atoms with Gasteiger partial charge in [0.2, 0.25) is 11.9 Å². The molecule has 0 spiro atoms. The fourth-order valence-corrected chi connectivity index (χ4v) is 2.81. The Labute approximate surface area is 173 Å². The molecule has 0 aliphatic rings. The Balaban J connectivity index is 2.05. The molecule has 3 rings (SSSR count). The van der Waals surface area contributed by atoms with E-state index in [2.05, 4.69) is 32.4 Å². The van der Waals surface area contributed by atoms with Gasteiger partial charge >= 0.3 is 6.01 Å². The molecular weight excluding hydrogens is 386 g/mol. The molecule has 1 aromatic carbocycles. The minimum atomic E-state index is -0.320. The topological polar surface area (TPSA) is 129 Å². The van der Waals surface area contributed by atoms with E-state index >= 15 is 0 Å². The SMILES string of the molecule is CC#CCn1c(NCCN)nc2nc(Oc3cccc(NC(C)=O)c3)n(C)c(=O)c21. The van der Waals surface area contributed by atoms with Crippen LogP contribution in [0.25, 0.3) is 11.2 Å². The first kappa shape index (κ1) is 20.9. The van der Waals surface area contributed by atoms with Gasteiger partial charge in [-0.25, -0.2) is 0 Å². The summed E-state index contributed by atoms with van der Waals surface area (Å²) < 4.78 is 8.80. The number of ether oxygens (including phenoxy) is 1. The van der Waals surface area contributed by atoms with Crippen LogP contribution >= 0.6 is 0 Å². The zero-order valence-electron chi connectivity index (χ0n) is 17.0. The first-order valence-corrected chi connectivity index (χ1v) is 9.31. The van der Waals surface area contributed by atoms with E-state index in [-0.39, 0.29) is 29.7 Å². The molecule has 0 fully saturated rings. The van der Waals surface area contributed by atoms with Crippen molar-refractivity contribution in [3.8, 4) is 23.6 Å². The van der Waals surface area contributed by atoms with Crippen molar-refractivity contribution in [1.82, 2.24) is 19.1 Å². The summed E-state index contributed by atoms with van der Waals surface area (Å²) in [5.74, 6) is 6.44. The summed E-state index contributed by atoms with van der Waals surface area (Å²) in [5, 5.41) is 5.77. The number of amides is 1. The van der Waals surface area contributed by atoms with E-state index in [1.54, 1.807) is 42.8 Å². The van der Waals surface area contributed by atoms with Crippen LogP contribution in [0.2, 0.25) is 0 Å². The zero-order valence-corrected chi connectivity index (χ0v) is 17.0. The van der Waals surface area contributed by atoms with Crippen molar-refractivity contribution >= 4 is 28.7 Å². The lowest BCUT2D eigenvalue weighted by Gasteiger charge is -2.11. The Kier molecular flexibility index (Phi) is 6.34. The van der Waals surface area contributed by atoms with E-state index in [1.807, 2.05) is 0 Å². The highest BCUT2D eigenvalue weighted by molar-refractivity contribution is 5.88. The quantitative estimate of drug-likeness (QED) is 0.501. The van der Waals surface area contributed by atoms with E-state index in [1.165, 1.54) is 11.5 Å². The number of fused-ring (bicyclic) bond motifs is 1. The lowest BCUT2D eigenvalue weighted by molar-refractivity contribution is -0.114. The minimum absolute atomic E-state index is 0.0732. The van der Waals surface area contributed by atoms with E-state index in [4.69, 9.17) is 10.5 Å². The van der Waals surface area contributed by atoms with Crippen molar-refractivity contribution < 1.29 is 9.53 Å². The first-order chi connectivity index (χ1) is 14.4. The van der Waals surface area contributed by atoms with E-state index < -0.39 is 0 Å². The van der Waals surface area contributed by atoms with Gasteiger partial charge in [0.15, 0.2) is 11.2 Å². The first-order valence-electron chi connectivity index (χ1n) is 9.31. The van der Waals surface area contributed by atoms with Gasteiger partial charge in [0, 0.05) is 38.8 Å². The van der Waals surface area contributed by atoms with Crippen LogP contribution in [0.1, 0.15) is 13.8 Å². The Bertz CT molecular complexity index is 1200.